The van der Waals surface area contributed by atoms with Crippen molar-refractivity contribution in [3.8, 4) is 11.4 Å². The number of carboxylic acids is 1. The Hall–Kier alpha value is -2.24. The summed E-state index contributed by atoms with van der Waals surface area (Å²) in [5, 5.41) is 12.3. The first-order valence-corrected chi connectivity index (χ1v) is 3.73. The Balaban J connectivity index is 2.46. The minimum Gasteiger partial charge on any atom is -0.477 e. The van der Waals surface area contributed by atoms with Gasteiger partial charge in [0.05, 0.1) is 0 Å². The second-order valence-electron chi connectivity index (χ2n) is 2.49. The van der Waals surface area contributed by atoms with Crippen LogP contribution in [0.3, 0.4) is 0 Å². The highest BCUT2D eigenvalue weighted by Gasteiger charge is 2.08. The number of pyridine rings is 1. The molecule has 2 aromatic rings. The number of aromatic carboxylic acids is 1. The van der Waals surface area contributed by atoms with Crippen LogP contribution in [-0.2, 0) is 0 Å². The third kappa shape index (κ3) is 1.45. The average Bonchev–Trinajstić information content (AvgIpc) is 2.71. The molecular weight excluding hydrogens is 186 g/mol. The van der Waals surface area contributed by atoms with Crippen LogP contribution in [0.2, 0.25) is 0 Å². The molecule has 2 aromatic heterocycles. The molecule has 0 saturated carbocycles. The van der Waals surface area contributed by atoms with Crippen molar-refractivity contribution in [1.29, 1.82) is 0 Å². The van der Waals surface area contributed by atoms with Crippen LogP contribution in [0.5, 0.6) is 0 Å². The molecule has 6 nitrogen and oxygen atoms in total. The number of nitrogens with zero attached hydrogens (tertiary/aromatic N) is 3. The van der Waals surface area contributed by atoms with Crippen molar-refractivity contribution in [3.63, 3.8) is 0 Å². The quantitative estimate of drug-likeness (QED) is 0.756. The molecule has 0 saturated heterocycles. The van der Waals surface area contributed by atoms with E-state index < -0.39 is 5.97 Å². The van der Waals surface area contributed by atoms with E-state index in [4.69, 9.17) is 5.11 Å². The molecule has 2 rings (SSSR count). The molecule has 0 atom stereocenters. The van der Waals surface area contributed by atoms with E-state index in [9.17, 15) is 4.79 Å². The summed E-state index contributed by atoms with van der Waals surface area (Å²) in [7, 11) is 0. The second kappa shape index (κ2) is 3.25. The van der Waals surface area contributed by atoms with E-state index in [2.05, 4.69) is 19.6 Å². The zero-order valence-electron chi connectivity index (χ0n) is 6.91. The Morgan fingerprint density at radius 1 is 1.43 bits per heavy atom. The first kappa shape index (κ1) is 8.36. The Morgan fingerprint density at radius 3 is 2.93 bits per heavy atom. The fourth-order valence-electron chi connectivity index (χ4n) is 0.984. The predicted molar refractivity (Wildman–Crippen MR) is 44.5 cm³/mol. The molecular formula is C8H5N3O3. The maximum atomic E-state index is 10.6. The van der Waals surface area contributed by atoms with Crippen molar-refractivity contribution in [1.82, 2.24) is 15.1 Å². The molecule has 14 heavy (non-hydrogen) atoms. The third-order valence-electron chi connectivity index (χ3n) is 1.60. The van der Waals surface area contributed by atoms with Crippen molar-refractivity contribution >= 4 is 5.97 Å². The zero-order valence-corrected chi connectivity index (χ0v) is 6.91. The highest BCUT2D eigenvalue weighted by Crippen LogP contribution is 2.13. The summed E-state index contributed by atoms with van der Waals surface area (Å²) >= 11 is 0. The first-order chi connectivity index (χ1) is 6.77. The van der Waals surface area contributed by atoms with Gasteiger partial charge in [-0.15, -0.1) is 0 Å². The SMILES string of the molecule is O=C(O)c1cc(-c2ncon2)ccn1. The summed E-state index contributed by atoms with van der Waals surface area (Å²) < 4.78 is 4.54. The zero-order chi connectivity index (χ0) is 9.97. The standard InChI is InChI=1S/C8H5N3O3/c12-8(13)6-3-5(1-2-9-6)7-10-4-14-11-7/h1-4H,(H,12,13). The summed E-state index contributed by atoms with van der Waals surface area (Å²) in [5.74, 6) is -0.745. The van der Waals surface area contributed by atoms with E-state index in [0.717, 1.165) is 0 Å². The van der Waals surface area contributed by atoms with E-state index in [0.29, 0.717) is 11.4 Å². The smallest absolute Gasteiger partial charge is 0.354 e. The fourth-order valence-corrected chi connectivity index (χ4v) is 0.984. The molecule has 0 unspecified atom stereocenters. The molecule has 0 spiro atoms. The number of hydrogen-bond acceptors (Lipinski definition) is 5. The van der Waals surface area contributed by atoms with Crippen molar-refractivity contribution in [2.75, 3.05) is 0 Å². The number of hydrogen-bond donors (Lipinski definition) is 1. The van der Waals surface area contributed by atoms with Crippen molar-refractivity contribution < 1.29 is 14.4 Å². The van der Waals surface area contributed by atoms with Gasteiger partial charge in [-0.1, -0.05) is 5.16 Å². The minimum atomic E-state index is -1.09. The van der Waals surface area contributed by atoms with Gasteiger partial charge in [0.15, 0.2) is 0 Å². The van der Waals surface area contributed by atoms with Crippen LogP contribution >= 0.6 is 0 Å². The summed E-state index contributed by atoms with van der Waals surface area (Å²) in [6.07, 6.45) is 2.56. The lowest BCUT2D eigenvalue weighted by molar-refractivity contribution is 0.0690. The van der Waals surface area contributed by atoms with Gasteiger partial charge in [-0.2, -0.15) is 4.98 Å². The average molecular weight is 191 g/mol. The third-order valence-corrected chi connectivity index (χ3v) is 1.60. The summed E-state index contributed by atoms with van der Waals surface area (Å²) in [4.78, 5) is 18.0. The lowest BCUT2D eigenvalue weighted by atomic mass is 10.2. The summed E-state index contributed by atoms with van der Waals surface area (Å²) in [6.45, 7) is 0. The van der Waals surface area contributed by atoms with Gasteiger partial charge in [-0.25, -0.2) is 9.78 Å². The number of aromatic nitrogens is 3. The molecule has 2 heterocycles. The number of carbonyl (C=O) groups is 1. The highest BCUT2D eigenvalue weighted by molar-refractivity contribution is 5.86. The summed E-state index contributed by atoms with van der Waals surface area (Å²) in [6, 6.07) is 2.99. The molecule has 0 aliphatic carbocycles. The summed E-state index contributed by atoms with van der Waals surface area (Å²) in [5.41, 5.74) is 0.512. The van der Waals surface area contributed by atoms with Gasteiger partial charge in [0, 0.05) is 11.8 Å². The van der Waals surface area contributed by atoms with Crippen LogP contribution in [0.15, 0.2) is 29.2 Å². The minimum absolute atomic E-state index is 0.0488. The Morgan fingerprint density at radius 2 is 2.29 bits per heavy atom. The van der Waals surface area contributed by atoms with Gasteiger partial charge in [-0.3, -0.25) is 0 Å². The van der Waals surface area contributed by atoms with Gasteiger partial charge in [0.25, 0.3) is 0 Å². The van der Waals surface area contributed by atoms with Crippen molar-refractivity contribution in [2.45, 2.75) is 0 Å². The Kier molecular flexibility index (Phi) is 1.94. The molecule has 0 aliphatic heterocycles. The molecule has 0 fully saturated rings. The molecule has 0 aromatic carbocycles. The van der Waals surface area contributed by atoms with Crippen molar-refractivity contribution in [2.24, 2.45) is 0 Å². The van der Waals surface area contributed by atoms with E-state index in [-0.39, 0.29) is 5.69 Å². The molecule has 0 radical (unpaired) electrons. The Labute approximate surface area is 78.2 Å². The van der Waals surface area contributed by atoms with E-state index >= 15 is 0 Å². The lowest BCUT2D eigenvalue weighted by Crippen LogP contribution is -1.99. The lowest BCUT2D eigenvalue weighted by Gasteiger charge is -1.95. The van der Waals surface area contributed by atoms with Crippen LogP contribution in [0.4, 0.5) is 0 Å². The van der Waals surface area contributed by atoms with Gasteiger partial charge in [-0.05, 0) is 12.1 Å². The van der Waals surface area contributed by atoms with Gasteiger partial charge in [0.2, 0.25) is 12.2 Å². The molecule has 0 aliphatic rings. The maximum absolute atomic E-state index is 10.6. The van der Waals surface area contributed by atoms with Crippen LogP contribution in [0.1, 0.15) is 10.5 Å². The van der Waals surface area contributed by atoms with Gasteiger partial charge < -0.3 is 9.63 Å². The molecule has 0 bridgehead atoms. The van der Waals surface area contributed by atoms with Crippen LogP contribution in [0.25, 0.3) is 11.4 Å². The van der Waals surface area contributed by atoms with Crippen LogP contribution < -0.4 is 0 Å². The Bertz CT molecular complexity index is 453. The van der Waals surface area contributed by atoms with Gasteiger partial charge >= 0.3 is 5.97 Å². The maximum Gasteiger partial charge on any atom is 0.354 e. The van der Waals surface area contributed by atoms with Crippen molar-refractivity contribution in [3.05, 3.63) is 30.4 Å². The predicted octanol–water partition coefficient (Wildman–Crippen LogP) is 0.830. The molecule has 0 amide bonds. The van der Waals surface area contributed by atoms with Crippen LogP contribution in [-0.4, -0.2) is 26.2 Å². The number of rotatable bonds is 2. The fraction of sp³-hybridized carbons (Fsp3) is 0. The second-order valence-corrected chi connectivity index (χ2v) is 2.49. The van der Waals surface area contributed by atoms with E-state index in [1.54, 1.807) is 6.07 Å². The highest BCUT2D eigenvalue weighted by atomic mass is 16.5. The molecule has 6 heteroatoms. The first-order valence-electron chi connectivity index (χ1n) is 3.73. The van der Waals surface area contributed by atoms with Gasteiger partial charge in [0.1, 0.15) is 5.69 Å². The van der Waals surface area contributed by atoms with Crippen LogP contribution in [0, 0.1) is 0 Å². The molecule has 70 valence electrons. The number of carboxylic acid groups (broad SMARTS) is 1. The van der Waals surface area contributed by atoms with E-state index in [1.165, 1.54) is 18.7 Å². The van der Waals surface area contributed by atoms with E-state index in [1.807, 2.05) is 0 Å². The normalized spacial score (nSPS) is 10.0. The topological polar surface area (TPSA) is 89.1 Å². The molecule has 1 N–H and O–H groups in total. The largest absolute Gasteiger partial charge is 0.477 e. The monoisotopic (exact) mass is 191 g/mol.